The number of benzene rings is 1. The van der Waals surface area contributed by atoms with Crippen molar-refractivity contribution in [3.05, 3.63) is 49.5 Å². The lowest BCUT2D eigenvalue weighted by Gasteiger charge is -2.00. The molecule has 0 bridgehead atoms. The van der Waals surface area contributed by atoms with E-state index in [1.165, 1.54) is 0 Å². The third-order valence-electron chi connectivity index (χ3n) is 2.75. The Labute approximate surface area is 101 Å². The smallest absolute Gasteiger partial charge is 0.255 e. The number of hydrogen-bond acceptors (Lipinski definition) is 2. The number of hydrogen-bond donors (Lipinski definition) is 2. The Morgan fingerprint density at radius 3 is 2.94 bits per heavy atom. The third-order valence-corrected chi connectivity index (χ3v) is 3.18. The van der Waals surface area contributed by atoms with Gasteiger partial charge < -0.3 is 4.98 Å². The van der Waals surface area contributed by atoms with E-state index < -0.39 is 0 Å². The van der Waals surface area contributed by atoms with Crippen molar-refractivity contribution in [2.24, 2.45) is 0 Å². The minimum atomic E-state index is -0.119. The number of fused-ring (bicyclic) bond motifs is 3. The summed E-state index contributed by atoms with van der Waals surface area (Å²) in [7, 11) is 0. The van der Waals surface area contributed by atoms with Gasteiger partial charge in [0, 0.05) is 22.6 Å². The van der Waals surface area contributed by atoms with Gasteiger partial charge in [0.15, 0.2) is 4.77 Å². The van der Waals surface area contributed by atoms with Gasteiger partial charge in [-0.1, -0.05) is 17.7 Å². The van der Waals surface area contributed by atoms with Crippen LogP contribution in [0.2, 0.25) is 5.02 Å². The molecule has 1 aromatic heterocycles. The van der Waals surface area contributed by atoms with E-state index >= 15 is 0 Å². The van der Waals surface area contributed by atoms with Gasteiger partial charge in [0.2, 0.25) is 0 Å². The Hall–Kier alpha value is -1.39. The molecule has 1 aliphatic rings. The van der Waals surface area contributed by atoms with Crippen LogP contribution < -0.4 is 5.56 Å². The van der Waals surface area contributed by atoms with E-state index in [4.69, 9.17) is 23.8 Å². The fourth-order valence-corrected chi connectivity index (χ4v) is 2.44. The minimum absolute atomic E-state index is 0.119. The standard InChI is InChI=1S/C11H7ClN2OS/c12-6-1-2-7-5(3-6)4-8-9(7)13-11(16)14-10(8)15/h1-3H,4H2,(H2,13,14,15,16). The summed E-state index contributed by atoms with van der Waals surface area (Å²) in [6, 6.07) is 5.61. The topological polar surface area (TPSA) is 48.6 Å². The average molecular weight is 251 g/mol. The van der Waals surface area contributed by atoms with Crippen molar-refractivity contribution in [3.63, 3.8) is 0 Å². The first-order valence-corrected chi connectivity index (χ1v) is 5.58. The Bertz CT molecular complexity index is 702. The lowest BCUT2D eigenvalue weighted by molar-refractivity contribution is 1.05. The molecule has 0 aliphatic heterocycles. The summed E-state index contributed by atoms with van der Waals surface area (Å²) in [4.78, 5) is 17.3. The van der Waals surface area contributed by atoms with Crippen molar-refractivity contribution in [3.8, 4) is 11.3 Å². The van der Waals surface area contributed by atoms with Crippen LogP contribution in [0.3, 0.4) is 0 Å². The lowest BCUT2D eigenvalue weighted by atomic mass is 10.1. The molecule has 0 fully saturated rings. The van der Waals surface area contributed by atoms with Gasteiger partial charge in [-0.05, 0) is 29.9 Å². The van der Waals surface area contributed by atoms with Gasteiger partial charge in [0.25, 0.3) is 5.56 Å². The quantitative estimate of drug-likeness (QED) is 0.603. The molecule has 0 saturated carbocycles. The summed E-state index contributed by atoms with van der Waals surface area (Å²) < 4.78 is 0.353. The number of aromatic nitrogens is 2. The van der Waals surface area contributed by atoms with Crippen LogP contribution in [0.5, 0.6) is 0 Å². The van der Waals surface area contributed by atoms with E-state index in [9.17, 15) is 4.79 Å². The fourth-order valence-electron chi connectivity index (χ4n) is 2.05. The normalized spacial score (nSPS) is 12.3. The highest BCUT2D eigenvalue weighted by Crippen LogP contribution is 2.34. The summed E-state index contributed by atoms with van der Waals surface area (Å²) >= 11 is 10.9. The van der Waals surface area contributed by atoms with Gasteiger partial charge in [0.1, 0.15) is 0 Å². The zero-order valence-electron chi connectivity index (χ0n) is 8.13. The molecule has 0 saturated heterocycles. The molecule has 0 unspecified atom stereocenters. The van der Waals surface area contributed by atoms with Crippen LogP contribution in [0.25, 0.3) is 11.3 Å². The van der Waals surface area contributed by atoms with Gasteiger partial charge in [-0.25, -0.2) is 0 Å². The molecule has 80 valence electrons. The molecule has 0 amide bonds. The predicted octanol–water partition coefficient (Wildman–Crippen LogP) is 2.66. The van der Waals surface area contributed by atoms with Crippen molar-refractivity contribution in [1.82, 2.24) is 9.97 Å². The lowest BCUT2D eigenvalue weighted by Crippen LogP contribution is -2.12. The van der Waals surface area contributed by atoms with Crippen molar-refractivity contribution in [2.45, 2.75) is 6.42 Å². The zero-order chi connectivity index (χ0) is 11.3. The Balaban J connectivity index is 2.38. The summed E-state index contributed by atoms with van der Waals surface area (Å²) in [5.41, 5.74) is 3.50. The van der Waals surface area contributed by atoms with Crippen LogP contribution in [0.1, 0.15) is 11.1 Å². The first-order chi connectivity index (χ1) is 7.65. The van der Waals surface area contributed by atoms with Crippen LogP contribution in [-0.4, -0.2) is 9.97 Å². The molecular weight excluding hydrogens is 244 g/mol. The second-order valence-electron chi connectivity index (χ2n) is 3.74. The van der Waals surface area contributed by atoms with E-state index in [0.29, 0.717) is 16.2 Å². The highest BCUT2D eigenvalue weighted by Gasteiger charge is 2.21. The van der Waals surface area contributed by atoms with Crippen LogP contribution in [-0.2, 0) is 6.42 Å². The van der Waals surface area contributed by atoms with E-state index in [2.05, 4.69) is 9.97 Å². The molecule has 3 rings (SSSR count). The van der Waals surface area contributed by atoms with E-state index in [1.807, 2.05) is 18.2 Å². The molecule has 3 nitrogen and oxygen atoms in total. The number of rotatable bonds is 0. The second-order valence-corrected chi connectivity index (χ2v) is 4.58. The minimum Gasteiger partial charge on any atom is -0.331 e. The Kier molecular flexibility index (Phi) is 2.02. The molecule has 1 aromatic carbocycles. The number of H-pyrrole nitrogens is 2. The second kappa shape index (κ2) is 3.30. The van der Waals surface area contributed by atoms with Gasteiger partial charge >= 0.3 is 0 Å². The maximum atomic E-state index is 11.7. The summed E-state index contributed by atoms with van der Waals surface area (Å²) in [5, 5.41) is 0.682. The molecule has 0 spiro atoms. The van der Waals surface area contributed by atoms with Crippen LogP contribution in [0, 0.1) is 4.77 Å². The molecule has 1 heterocycles. The zero-order valence-corrected chi connectivity index (χ0v) is 9.71. The average Bonchev–Trinajstić information content (AvgIpc) is 2.56. The molecule has 5 heteroatoms. The summed E-state index contributed by atoms with van der Waals surface area (Å²) in [6.45, 7) is 0. The molecular formula is C11H7ClN2OS. The van der Waals surface area contributed by atoms with Crippen molar-refractivity contribution >= 4 is 23.8 Å². The highest BCUT2D eigenvalue weighted by molar-refractivity contribution is 7.71. The molecule has 0 atom stereocenters. The summed E-state index contributed by atoms with van der Waals surface area (Å²) in [6.07, 6.45) is 0.604. The third kappa shape index (κ3) is 1.34. The highest BCUT2D eigenvalue weighted by atomic mass is 35.5. The van der Waals surface area contributed by atoms with Crippen molar-refractivity contribution in [2.75, 3.05) is 0 Å². The maximum Gasteiger partial charge on any atom is 0.255 e. The first-order valence-electron chi connectivity index (χ1n) is 4.79. The maximum absolute atomic E-state index is 11.7. The molecule has 2 N–H and O–H groups in total. The van der Waals surface area contributed by atoms with E-state index in [1.54, 1.807) is 0 Å². The molecule has 2 aromatic rings. The number of nitrogens with one attached hydrogen (secondary N) is 2. The monoisotopic (exact) mass is 250 g/mol. The number of aromatic amines is 2. The van der Waals surface area contributed by atoms with Crippen LogP contribution in [0.4, 0.5) is 0 Å². The Morgan fingerprint density at radius 2 is 2.12 bits per heavy atom. The van der Waals surface area contributed by atoms with E-state index in [-0.39, 0.29) is 5.56 Å². The largest absolute Gasteiger partial charge is 0.331 e. The first kappa shape index (κ1) is 9.81. The number of halogens is 1. The summed E-state index contributed by atoms with van der Waals surface area (Å²) in [5.74, 6) is 0. The molecule has 1 aliphatic carbocycles. The van der Waals surface area contributed by atoms with Crippen LogP contribution in [0.15, 0.2) is 23.0 Å². The van der Waals surface area contributed by atoms with Gasteiger partial charge in [-0.2, -0.15) is 0 Å². The van der Waals surface area contributed by atoms with E-state index in [0.717, 1.165) is 22.4 Å². The molecule has 16 heavy (non-hydrogen) atoms. The van der Waals surface area contributed by atoms with Gasteiger partial charge in [-0.3, -0.25) is 9.78 Å². The van der Waals surface area contributed by atoms with Crippen molar-refractivity contribution in [1.29, 1.82) is 0 Å². The van der Waals surface area contributed by atoms with Gasteiger partial charge in [-0.15, -0.1) is 0 Å². The SMILES string of the molecule is O=c1[nH]c(=S)[nH]c2c1Cc1cc(Cl)ccc1-2. The van der Waals surface area contributed by atoms with Crippen molar-refractivity contribution < 1.29 is 0 Å². The van der Waals surface area contributed by atoms with Gasteiger partial charge in [0.05, 0.1) is 5.69 Å². The Morgan fingerprint density at radius 1 is 1.31 bits per heavy atom. The fraction of sp³-hybridized carbons (Fsp3) is 0.0909. The van der Waals surface area contributed by atoms with Crippen LogP contribution >= 0.6 is 23.8 Å². The molecule has 0 radical (unpaired) electrons. The predicted molar refractivity (Wildman–Crippen MR) is 65.5 cm³/mol.